The van der Waals surface area contributed by atoms with Crippen LogP contribution in [0.4, 0.5) is 0 Å². The van der Waals surface area contributed by atoms with Crippen LogP contribution in [0.2, 0.25) is 0 Å². The number of benzene rings is 1. The molecular formula is C18H26N2O. The molecule has 0 radical (unpaired) electrons. The minimum absolute atomic E-state index is 0.229. The average Bonchev–Trinajstić information content (AvgIpc) is 2.92. The average molecular weight is 286 g/mol. The van der Waals surface area contributed by atoms with Crippen LogP contribution in [-0.2, 0) is 11.2 Å². The summed E-state index contributed by atoms with van der Waals surface area (Å²) in [5, 5.41) is 3.78. The molecule has 0 bridgehead atoms. The number of amides is 1. The number of rotatable bonds is 4. The summed E-state index contributed by atoms with van der Waals surface area (Å²) in [4.78, 5) is 13.8. The predicted molar refractivity (Wildman–Crippen MR) is 85.1 cm³/mol. The highest BCUT2D eigenvalue weighted by Gasteiger charge is 2.39. The second-order valence-corrected chi connectivity index (χ2v) is 7.31. The predicted octanol–water partition coefficient (Wildman–Crippen LogP) is 2.91. The van der Waals surface area contributed by atoms with Gasteiger partial charge in [-0.2, -0.15) is 0 Å². The Morgan fingerprint density at radius 1 is 1.38 bits per heavy atom. The Bertz CT molecular complexity index is 538. The molecule has 1 fully saturated rings. The smallest absolute Gasteiger partial charge is 0.222 e. The molecule has 2 aliphatic rings. The van der Waals surface area contributed by atoms with Gasteiger partial charge in [-0.15, -0.1) is 0 Å². The molecule has 1 aromatic rings. The van der Waals surface area contributed by atoms with Crippen molar-refractivity contribution in [2.24, 2.45) is 5.41 Å². The molecule has 0 saturated carbocycles. The van der Waals surface area contributed by atoms with Crippen molar-refractivity contribution in [2.45, 2.75) is 52.1 Å². The number of carbonyl (C=O) groups excluding carboxylic acids is 1. The third-order valence-corrected chi connectivity index (χ3v) is 4.91. The maximum absolute atomic E-state index is 11.8. The summed E-state index contributed by atoms with van der Waals surface area (Å²) in [6, 6.07) is 9.44. The second kappa shape index (κ2) is 5.45. The van der Waals surface area contributed by atoms with Gasteiger partial charge in [-0.05, 0) is 36.3 Å². The molecule has 3 heteroatoms. The van der Waals surface area contributed by atoms with Crippen LogP contribution in [0.5, 0.6) is 0 Å². The Labute approximate surface area is 127 Å². The van der Waals surface area contributed by atoms with Crippen molar-refractivity contribution < 1.29 is 4.79 Å². The fourth-order valence-electron chi connectivity index (χ4n) is 3.87. The van der Waals surface area contributed by atoms with Crippen LogP contribution in [-0.4, -0.2) is 29.9 Å². The second-order valence-electron chi connectivity index (χ2n) is 7.31. The van der Waals surface area contributed by atoms with Gasteiger partial charge in [-0.25, -0.2) is 0 Å². The Kier molecular flexibility index (Phi) is 3.78. The van der Waals surface area contributed by atoms with Gasteiger partial charge in [-0.3, -0.25) is 4.79 Å². The molecule has 21 heavy (non-hydrogen) atoms. The zero-order chi connectivity index (χ0) is 15.0. The van der Waals surface area contributed by atoms with Crippen molar-refractivity contribution in [1.29, 1.82) is 0 Å². The van der Waals surface area contributed by atoms with Crippen LogP contribution in [0.3, 0.4) is 0 Å². The number of likely N-dealkylation sites (tertiary alicyclic amines) is 1. The lowest BCUT2D eigenvalue weighted by atomic mass is 9.85. The highest BCUT2D eigenvalue weighted by atomic mass is 16.2. The van der Waals surface area contributed by atoms with Gasteiger partial charge < -0.3 is 10.2 Å². The SMILES string of the molecule is CC(CN1CCCC1=O)NC1c2ccccc2CC1(C)C. The van der Waals surface area contributed by atoms with Gasteiger partial charge in [0.25, 0.3) is 0 Å². The molecule has 0 aromatic heterocycles. The van der Waals surface area contributed by atoms with Gasteiger partial charge in [0.15, 0.2) is 0 Å². The van der Waals surface area contributed by atoms with E-state index in [1.165, 1.54) is 11.1 Å². The first kappa shape index (κ1) is 14.6. The summed E-state index contributed by atoms with van der Waals surface area (Å²) in [6.07, 6.45) is 2.87. The van der Waals surface area contributed by atoms with E-state index in [9.17, 15) is 4.79 Å². The monoisotopic (exact) mass is 286 g/mol. The Morgan fingerprint density at radius 2 is 2.14 bits per heavy atom. The largest absolute Gasteiger partial charge is 0.341 e. The molecule has 1 aliphatic carbocycles. The zero-order valence-corrected chi connectivity index (χ0v) is 13.4. The fraction of sp³-hybridized carbons (Fsp3) is 0.611. The van der Waals surface area contributed by atoms with Crippen molar-refractivity contribution in [3.05, 3.63) is 35.4 Å². The van der Waals surface area contributed by atoms with Crippen molar-refractivity contribution in [2.75, 3.05) is 13.1 Å². The van der Waals surface area contributed by atoms with Gasteiger partial charge in [0.1, 0.15) is 0 Å². The van der Waals surface area contributed by atoms with Crippen LogP contribution >= 0.6 is 0 Å². The molecule has 1 amide bonds. The van der Waals surface area contributed by atoms with E-state index in [1.54, 1.807) is 0 Å². The highest BCUT2D eigenvalue weighted by Crippen LogP contribution is 2.45. The number of nitrogens with zero attached hydrogens (tertiary/aromatic N) is 1. The van der Waals surface area contributed by atoms with Gasteiger partial charge in [0.2, 0.25) is 5.91 Å². The standard InChI is InChI=1S/C18H26N2O/c1-13(12-20-10-6-9-16(20)21)19-17-15-8-5-4-7-14(15)11-18(17,2)3/h4-5,7-8,13,17,19H,6,9-12H2,1-3H3. The van der Waals surface area contributed by atoms with E-state index < -0.39 is 0 Å². The molecule has 1 saturated heterocycles. The third kappa shape index (κ3) is 2.84. The fourth-order valence-corrected chi connectivity index (χ4v) is 3.87. The Balaban J connectivity index is 1.70. The first-order valence-electron chi connectivity index (χ1n) is 8.09. The molecule has 2 atom stereocenters. The van der Waals surface area contributed by atoms with E-state index in [0.717, 1.165) is 32.4 Å². The first-order chi connectivity index (χ1) is 9.97. The lowest BCUT2D eigenvalue weighted by Crippen LogP contribution is -2.44. The van der Waals surface area contributed by atoms with Crippen molar-refractivity contribution in [3.8, 4) is 0 Å². The van der Waals surface area contributed by atoms with E-state index >= 15 is 0 Å². The molecule has 2 unspecified atom stereocenters. The number of fused-ring (bicyclic) bond motifs is 1. The summed E-state index contributed by atoms with van der Waals surface area (Å²) in [5.41, 5.74) is 3.12. The number of hydrogen-bond donors (Lipinski definition) is 1. The maximum atomic E-state index is 11.8. The molecule has 3 rings (SSSR count). The maximum Gasteiger partial charge on any atom is 0.222 e. The van der Waals surface area contributed by atoms with E-state index in [1.807, 2.05) is 4.90 Å². The number of carbonyl (C=O) groups is 1. The van der Waals surface area contributed by atoms with Crippen LogP contribution in [0.25, 0.3) is 0 Å². The van der Waals surface area contributed by atoms with Gasteiger partial charge in [0.05, 0.1) is 0 Å². The molecule has 114 valence electrons. The summed E-state index contributed by atoms with van der Waals surface area (Å²) in [6.45, 7) is 8.61. The zero-order valence-electron chi connectivity index (χ0n) is 13.4. The van der Waals surface area contributed by atoms with Crippen molar-refractivity contribution in [3.63, 3.8) is 0 Å². The topological polar surface area (TPSA) is 32.3 Å². The minimum Gasteiger partial charge on any atom is -0.341 e. The lowest BCUT2D eigenvalue weighted by Gasteiger charge is -2.33. The van der Waals surface area contributed by atoms with Crippen LogP contribution in [0, 0.1) is 5.41 Å². The lowest BCUT2D eigenvalue weighted by molar-refractivity contribution is -0.128. The van der Waals surface area contributed by atoms with Crippen molar-refractivity contribution in [1.82, 2.24) is 10.2 Å². The molecule has 1 heterocycles. The third-order valence-electron chi connectivity index (χ3n) is 4.91. The molecule has 0 spiro atoms. The number of nitrogens with one attached hydrogen (secondary N) is 1. The van der Waals surface area contributed by atoms with Crippen molar-refractivity contribution >= 4 is 5.91 Å². The van der Waals surface area contributed by atoms with E-state index in [2.05, 4.69) is 50.4 Å². The van der Waals surface area contributed by atoms with E-state index in [-0.39, 0.29) is 5.41 Å². The summed E-state index contributed by atoms with van der Waals surface area (Å²) in [7, 11) is 0. The summed E-state index contributed by atoms with van der Waals surface area (Å²) >= 11 is 0. The summed E-state index contributed by atoms with van der Waals surface area (Å²) in [5.74, 6) is 0.315. The van der Waals surface area contributed by atoms with Crippen LogP contribution < -0.4 is 5.32 Å². The molecule has 1 aliphatic heterocycles. The van der Waals surface area contributed by atoms with E-state index in [0.29, 0.717) is 18.0 Å². The molecule has 1 N–H and O–H groups in total. The molecule has 1 aromatic carbocycles. The normalized spacial score (nSPS) is 25.2. The van der Waals surface area contributed by atoms with Gasteiger partial charge in [0, 0.05) is 31.6 Å². The molecule has 3 nitrogen and oxygen atoms in total. The Morgan fingerprint density at radius 3 is 2.86 bits per heavy atom. The Hall–Kier alpha value is -1.35. The quantitative estimate of drug-likeness (QED) is 0.923. The highest BCUT2D eigenvalue weighted by molar-refractivity contribution is 5.78. The minimum atomic E-state index is 0.229. The van der Waals surface area contributed by atoms with Crippen LogP contribution in [0.1, 0.15) is 50.8 Å². The van der Waals surface area contributed by atoms with E-state index in [4.69, 9.17) is 0 Å². The van der Waals surface area contributed by atoms with Gasteiger partial charge in [-0.1, -0.05) is 38.1 Å². The summed E-state index contributed by atoms with van der Waals surface area (Å²) < 4.78 is 0. The van der Waals surface area contributed by atoms with Gasteiger partial charge >= 0.3 is 0 Å². The molecular weight excluding hydrogens is 260 g/mol. The number of hydrogen-bond acceptors (Lipinski definition) is 2. The first-order valence-corrected chi connectivity index (χ1v) is 8.09. The van der Waals surface area contributed by atoms with Crippen LogP contribution in [0.15, 0.2) is 24.3 Å².